The number of likely N-dealkylation sites (N-methyl/N-ethyl adjacent to an activating group) is 1. The van der Waals surface area contributed by atoms with Crippen molar-refractivity contribution in [3.05, 3.63) is 6.33 Å². The molecule has 0 aliphatic carbocycles. The van der Waals surface area contributed by atoms with Crippen LogP contribution in [0, 0.1) is 0 Å². The Kier molecular flexibility index (Phi) is 4.46. The molecule has 5 N–H and O–H groups in total. The predicted molar refractivity (Wildman–Crippen MR) is 63.5 cm³/mol. The maximum Gasteiger partial charge on any atom is 0.241 e. The SMILES string of the molecule is CNC(=O)C(C)Nc1ncnc(NN)c1OC. The van der Waals surface area contributed by atoms with E-state index in [0.717, 1.165) is 0 Å². The van der Waals surface area contributed by atoms with E-state index in [1.54, 1.807) is 14.0 Å². The monoisotopic (exact) mass is 240 g/mol. The molecule has 1 unspecified atom stereocenters. The van der Waals surface area contributed by atoms with Crippen LogP contribution in [0.4, 0.5) is 11.6 Å². The Morgan fingerprint density at radius 2 is 2.12 bits per heavy atom. The predicted octanol–water partition coefficient (Wildman–Crippen LogP) is -0.683. The summed E-state index contributed by atoms with van der Waals surface area (Å²) in [4.78, 5) is 19.3. The summed E-state index contributed by atoms with van der Waals surface area (Å²) in [6, 6.07) is -0.450. The van der Waals surface area contributed by atoms with Crippen LogP contribution in [0.3, 0.4) is 0 Å². The summed E-state index contributed by atoms with van der Waals surface area (Å²) in [7, 11) is 3.03. The van der Waals surface area contributed by atoms with Crippen LogP contribution < -0.4 is 26.6 Å². The Hall–Kier alpha value is -2.09. The number of carbonyl (C=O) groups excluding carboxylic acids is 1. The molecular formula is C9H16N6O2. The van der Waals surface area contributed by atoms with Crippen molar-refractivity contribution >= 4 is 17.5 Å². The van der Waals surface area contributed by atoms with Gasteiger partial charge in [-0.2, -0.15) is 0 Å². The molecule has 0 aliphatic rings. The molecule has 1 rings (SSSR count). The standard InChI is InChI=1S/C9H16N6O2/c1-5(9(16)11-2)14-7-6(17-3)8(15-10)13-4-12-7/h4-5H,10H2,1-3H3,(H,11,16)(H2,12,13,14,15). The minimum Gasteiger partial charge on any atom is -0.490 e. The number of rotatable bonds is 5. The minimum absolute atomic E-state index is 0.159. The molecule has 0 aliphatic heterocycles. The van der Waals surface area contributed by atoms with E-state index in [2.05, 4.69) is 26.0 Å². The summed E-state index contributed by atoms with van der Waals surface area (Å²) in [6.45, 7) is 1.70. The fraction of sp³-hybridized carbons (Fsp3) is 0.444. The molecule has 0 saturated heterocycles. The van der Waals surface area contributed by atoms with E-state index in [4.69, 9.17) is 10.6 Å². The second-order valence-corrected chi connectivity index (χ2v) is 3.23. The number of carbonyl (C=O) groups is 1. The highest BCUT2D eigenvalue weighted by molar-refractivity contribution is 5.84. The molecule has 0 radical (unpaired) electrons. The zero-order valence-corrected chi connectivity index (χ0v) is 9.94. The fourth-order valence-corrected chi connectivity index (χ4v) is 1.26. The zero-order chi connectivity index (χ0) is 12.8. The first kappa shape index (κ1) is 13.0. The second-order valence-electron chi connectivity index (χ2n) is 3.23. The molecule has 1 aromatic heterocycles. The van der Waals surface area contributed by atoms with E-state index in [1.165, 1.54) is 13.4 Å². The van der Waals surface area contributed by atoms with Crippen LogP contribution in [0.1, 0.15) is 6.92 Å². The van der Waals surface area contributed by atoms with E-state index in [-0.39, 0.29) is 5.91 Å². The first-order valence-electron chi connectivity index (χ1n) is 4.97. The maximum atomic E-state index is 11.4. The largest absolute Gasteiger partial charge is 0.490 e. The summed E-state index contributed by atoms with van der Waals surface area (Å²) < 4.78 is 5.12. The number of nitrogens with two attached hydrogens (primary N) is 1. The van der Waals surface area contributed by atoms with Gasteiger partial charge in [0.25, 0.3) is 0 Å². The minimum atomic E-state index is -0.450. The van der Waals surface area contributed by atoms with Gasteiger partial charge in [-0.05, 0) is 6.92 Å². The Balaban J connectivity index is 2.94. The molecule has 0 saturated carbocycles. The van der Waals surface area contributed by atoms with Crippen LogP contribution in [-0.4, -0.2) is 36.1 Å². The highest BCUT2D eigenvalue weighted by atomic mass is 16.5. The molecule has 0 bridgehead atoms. The van der Waals surface area contributed by atoms with Gasteiger partial charge < -0.3 is 20.8 Å². The van der Waals surface area contributed by atoms with E-state index in [0.29, 0.717) is 17.4 Å². The van der Waals surface area contributed by atoms with Gasteiger partial charge in [0.05, 0.1) is 7.11 Å². The molecule has 8 nitrogen and oxygen atoms in total. The number of nitrogens with one attached hydrogen (secondary N) is 3. The van der Waals surface area contributed by atoms with E-state index >= 15 is 0 Å². The third-order valence-corrected chi connectivity index (χ3v) is 2.14. The lowest BCUT2D eigenvalue weighted by Gasteiger charge is -2.16. The van der Waals surface area contributed by atoms with Gasteiger partial charge in [-0.15, -0.1) is 0 Å². The number of nitrogen functional groups attached to an aromatic ring is 1. The van der Waals surface area contributed by atoms with Gasteiger partial charge in [-0.3, -0.25) is 4.79 Å². The lowest BCUT2D eigenvalue weighted by atomic mass is 10.3. The van der Waals surface area contributed by atoms with Gasteiger partial charge in [0.15, 0.2) is 11.6 Å². The fourth-order valence-electron chi connectivity index (χ4n) is 1.26. The lowest BCUT2D eigenvalue weighted by Crippen LogP contribution is -2.35. The number of nitrogens with zero attached hydrogens (tertiary/aromatic N) is 2. The molecule has 1 heterocycles. The molecule has 1 aromatic rings. The van der Waals surface area contributed by atoms with Crippen molar-refractivity contribution in [2.75, 3.05) is 24.9 Å². The average Bonchev–Trinajstić information content (AvgIpc) is 2.37. The number of hydrazine groups is 1. The molecule has 0 spiro atoms. The van der Waals surface area contributed by atoms with Crippen LogP contribution in [0.15, 0.2) is 6.33 Å². The molecule has 0 fully saturated rings. The van der Waals surface area contributed by atoms with Crippen LogP contribution >= 0.6 is 0 Å². The molecule has 0 aromatic carbocycles. The number of hydrogen-bond acceptors (Lipinski definition) is 7. The Labute approximate surface area is 98.9 Å². The van der Waals surface area contributed by atoms with Crippen molar-refractivity contribution in [3.8, 4) is 5.75 Å². The van der Waals surface area contributed by atoms with Gasteiger partial charge in [-0.1, -0.05) is 0 Å². The Bertz CT molecular complexity index is 397. The van der Waals surface area contributed by atoms with Gasteiger partial charge in [0, 0.05) is 7.05 Å². The third kappa shape index (κ3) is 2.94. The highest BCUT2D eigenvalue weighted by Gasteiger charge is 2.16. The number of amides is 1. The van der Waals surface area contributed by atoms with E-state index in [1.807, 2.05) is 0 Å². The summed E-state index contributed by atoms with van der Waals surface area (Å²) in [6.07, 6.45) is 1.32. The lowest BCUT2D eigenvalue weighted by molar-refractivity contribution is -0.121. The second kappa shape index (κ2) is 5.85. The average molecular weight is 240 g/mol. The first-order chi connectivity index (χ1) is 8.13. The zero-order valence-electron chi connectivity index (χ0n) is 9.94. The van der Waals surface area contributed by atoms with Gasteiger partial charge in [-0.25, -0.2) is 15.8 Å². The smallest absolute Gasteiger partial charge is 0.241 e. The van der Waals surface area contributed by atoms with Gasteiger partial charge in [0.1, 0.15) is 12.4 Å². The van der Waals surface area contributed by atoms with Gasteiger partial charge in [0.2, 0.25) is 11.7 Å². The summed E-state index contributed by atoms with van der Waals surface area (Å²) in [5, 5.41) is 5.43. The van der Waals surface area contributed by atoms with Crippen molar-refractivity contribution in [1.82, 2.24) is 15.3 Å². The molecule has 8 heteroatoms. The van der Waals surface area contributed by atoms with Gasteiger partial charge >= 0.3 is 0 Å². The maximum absolute atomic E-state index is 11.4. The number of anilines is 2. The van der Waals surface area contributed by atoms with Crippen molar-refractivity contribution < 1.29 is 9.53 Å². The van der Waals surface area contributed by atoms with Crippen LogP contribution in [0.2, 0.25) is 0 Å². The highest BCUT2D eigenvalue weighted by Crippen LogP contribution is 2.28. The Morgan fingerprint density at radius 1 is 1.47 bits per heavy atom. The number of hydrogen-bond donors (Lipinski definition) is 4. The number of aromatic nitrogens is 2. The summed E-state index contributed by atoms with van der Waals surface area (Å²) >= 11 is 0. The van der Waals surface area contributed by atoms with Crippen molar-refractivity contribution in [2.45, 2.75) is 13.0 Å². The van der Waals surface area contributed by atoms with Crippen molar-refractivity contribution in [3.63, 3.8) is 0 Å². The summed E-state index contributed by atoms with van der Waals surface area (Å²) in [5.74, 6) is 6.21. The Morgan fingerprint density at radius 3 is 2.65 bits per heavy atom. The first-order valence-corrected chi connectivity index (χ1v) is 4.97. The van der Waals surface area contributed by atoms with Crippen LogP contribution in [-0.2, 0) is 4.79 Å². The summed E-state index contributed by atoms with van der Waals surface area (Å²) in [5.41, 5.74) is 2.39. The molecular weight excluding hydrogens is 224 g/mol. The molecule has 1 amide bonds. The quantitative estimate of drug-likeness (QED) is 0.398. The molecule has 94 valence electrons. The third-order valence-electron chi connectivity index (χ3n) is 2.14. The molecule has 1 atom stereocenters. The van der Waals surface area contributed by atoms with Crippen molar-refractivity contribution in [1.29, 1.82) is 0 Å². The number of methoxy groups -OCH3 is 1. The van der Waals surface area contributed by atoms with E-state index < -0.39 is 6.04 Å². The van der Waals surface area contributed by atoms with E-state index in [9.17, 15) is 4.79 Å². The van der Waals surface area contributed by atoms with Crippen LogP contribution in [0.25, 0.3) is 0 Å². The molecule has 17 heavy (non-hydrogen) atoms. The number of ether oxygens (including phenoxy) is 1. The van der Waals surface area contributed by atoms with Crippen molar-refractivity contribution in [2.24, 2.45) is 5.84 Å². The normalized spacial score (nSPS) is 11.5. The topological polar surface area (TPSA) is 114 Å². The van der Waals surface area contributed by atoms with Crippen LogP contribution in [0.5, 0.6) is 5.75 Å².